The van der Waals surface area contributed by atoms with Crippen molar-refractivity contribution < 1.29 is 19.0 Å². The minimum atomic E-state index is -0.246. The van der Waals surface area contributed by atoms with Gasteiger partial charge in [-0.05, 0) is 24.6 Å². The minimum absolute atomic E-state index is 0. The number of carbonyl (C=O) groups is 1. The number of piperazine rings is 1. The van der Waals surface area contributed by atoms with Crippen molar-refractivity contribution >= 4 is 36.0 Å². The Morgan fingerprint density at radius 1 is 1.10 bits per heavy atom. The molecule has 0 radical (unpaired) electrons. The molecule has 1 aromatic carbocycles. The Labute approximate surface area is 197 Å². The molecule has 1 N–H and O–H groups in total. The molecule has 0 spiro atoms. The SMILES string of the molecule is CCOC(=O)N1CCN(C(=NC)NCC(C)(C)c2ccc(OC)c(OC)c2)CC1.I. The lowest BCUT2D eigenvalue weighted by Gasteiger charge is -2.37. The lowest BCUT2D eigenvalue weighted by atomic mass is 9.84. The molecule has 1 heterocycles. The van der Waals surface area contributed by atoms with E-state index >= 15 is 0 Å². The first kappa shape index (κ1) is 26.1. The quantitative estimate of drug-likeness (QED) is 0.344. The van der Waals surface area contributed by atoms with Crippen molar-refractivity contribution in [2.24, 2.45) is 4.99 Å². The molecule has 0 saturated carbocycles. The third kappa shape index (κ3) is 6.55. The average molecular weight is 534 g/mol. The monoisotopic (exact) mass is 534 g/mol. The van der Waals surface area contributed by atoms with Gasteiger partial charge in [-0.2, -0.15) is 0 Å². The summed E-state index contributed by atoms with van der Waals surface area (Å²) in [5.74, 6) is 2.27. The Kier molecular flexibility index (Phi) is 10.5. The number of amides is 1. The van der Waals surface area contributed by atoms with Gasteiger partial charge in [0, 0.05) is 45.2 Å². The topological polar surface area (TPSA) is 75.6 Å². The summed E-state index contributed by atoms with van der Waals surface area (Å²) in [5.41, 5.74) is 0.993. The van der Waals surface area contributed by atoms with E-state index in [1.54, 1.807) is 26.2 Å². The van der Waals surface area contributed by atoms with Crippen LogP contribution in [0.2, 0.25) is 0 Å². The van der Waals surface area contributed by atoms with Gasteiger partial charge in [0.25, 0.3) is 0 Å². The van der Waals surface area contributed by atoms with Crippen LogP contribution in [0.3, 0.4) is 0 Å². The van der Waals surface area contributed by atoms with E-state index in [1.165, 1.54) is 0 Å². The molecule has 0 atom stereocenters. The van der Waals surface area contributed by atoms with Gasteiger partial charge in [0.2, 0.25) is 0 Å². The average Bonchev–Trinajstić information content (AvgIpc) is 2.74. The number of guanidine groups is 1. The molecule has 9 heteroatoms. The Hall–Kier alpha value is -1.91. The molecule has 170 valence electrons. The molecular weight excluding hydrogens is 499 g/mol. The van der Waals surface area contributed by atoms with Crippen molar-refractivity contribution in [1.29, 1.82) is 0 Å². The van der Waals surface area contributed by atoms with Gasteiger partial charge in [-0.1, -0.05) is 19.9 Å². The first-order chi connectivity index (χ1) is 13.9. The van der Waals surface area contributed by atoms with Crippen molar-refractivity contribution in [1.82, 2.24) is 15.1 Å². The third-order valence-corrected chi connectivity index (χ3v) is 5.17. The summed E-state index contributed by atoms with van der Waals surface area (Å²) in [7, 11) is 5.06. The fourth-order valence-electron chi connectivity index (χ4n) is 3.31. The number of hydrogen-bond acceptors (Lipinski definition) is 5. The maximum atomic E-state index is 11.9. The number of ether oxygens (including phenoxy) is 3. The highest BCUT2D eigenvalue weighted by Crippen LogP contribution is 2.32. The smallest absolute Gasteiger partial charge is 0.409 e. The highest BCUT2D eigenvalue weighted by molar-refractivity contribution is 14.0. The van der Waals surface area contributed by atoms with Gasteiger partial charge in [0.1, 0.15) is 0 Å². The van der Waals surface area contributed by atoms with Crippen LogP contribution in [-0.4, -0.2) is 82.5 Å². The summed E-state index contributed by atoms with van der Waals surface area (Å²) in [6.07, 6.45) is -0.246. The number of carbonyl (C=O) groups excluding carboxylic acids is 1. The zero-order valence-electron chi connectivity index (χ0n) is 18.9. The normalized spacial score (nSPS) is 14.7. The first-order valence-electron chi connectivity index (χ1n) is 9.96. The molecular formula is C21H35IN4O4. The molecule has 1 aliphatic rings. The fourth-order valence-corrected chi connectivity index (χ4v) is 3.31. The Morgan fingerprint density at radius 2 is 1.70 bits per heavy atom. The van der Waals surface area contributed by atoms with E-state index in [9.17, 15) is 4.79 Å². The molecule has 0 unspecified atom stereocenters. The third-order valence-electron chi connectivity index (χ3n) is 5.17. The molecule has 2 rings (SSSR count). The fraction of sp³-hybridized carbons (Fsp3) is 0.619. The standard InChI is InChI=1S/C21H34N4O4.HI/c1-7-29-20(26)25-12-10-24(11-13-25)19(22-4)23-15-21(2,3)16-8-9-17(27-5)18(14-16)28-6;/h8-9,14H,7,10-13,15H2,1-6H3,(H,22,23);1H. The van der Waals surface area contributed by atoms with Crippen LogP contribution in [0.15, 0.2) is 23.2 Å². The number of halogens is 1. The van der Waals surface area contributed by atoms with E-state index in [0.717, 1.165) is 36.1 Å². The van der Waals surface area contributed by atoms with Gasteiger partial charge in [-0.25, -0.2) is 4.79 Å². The lowest BCUT2D eigenvalue weighted by Crippen LogP contribution is -2.55. The van der Waals surface area contributed by atoms with Crippen LogP contribution in [0, 0.1) is 0 Å². The van der Waals surface area contributed by atoms with Crippen LogP contribution in [0.1, 0.15) is 26.3 Å². The second kappa shape index (κ2) is 12.1. The summed E-state index contributed by atoms with van der Waals surface area (Å²) in [6, 6.07) is 6.00. The van der Waals surface area contributed by atoms with E-state index in [4.69, 9.17) is 14.2 Å². The highest BCUT2D eigenvalue weighted by atomic mass is 127. The molecule has 0 aliphatic carbocycles. The Bertz CT molecular complexity index is 719. The molecule has 0 bridgehead atoms. The van der Waals surface area contributed by atoms with Gasteiger partial charge >= 0.3 is 6.09 Å². The van der Waals surface area contributed by atoms with Crippen molar-refractivity contribution in [3.05, 3.63) is 23.8 Å². The van der Waals surface area contributed by atoms with Crippen molar-refractivity contribution in [2.75, 3.05) is 60.6 Å². The maximum absolute atomic E-state index is 11.9. The maximum Gasteiger partial charge on any atom is 0.409 e. The second-order valence-corrected chi connectivity index (χ2v) is 7.53. The molecule has 0 aromatic heterocycles. The number of rotatable bonds is 6. The predicted octanol–water partition coefficient (Wildman–Crippen LogP) is 2.95. The van der Waals surface area contributed by atoms with Crippen LogP contribution in [-0.2, 0) is 10.2 Å². The Morgan fingerprint density at radius 3 is 2.23 bits per heavy atom. The number of methoxy groups -OCH3 is 2. The number of hydrogen-bond donors (Lipinski definition) is 1. The zero-order chi connectivity index (χ0) is 21.4. The highest BCUT2D eigenvalue weighted by Gasteiger charge is 2.26. The van der Waals surface area contributed by atoms with E-state index in [-0.39, 0.29) is 35.5 Å². The van der Waals surface area contributed by atoms with Gasteiger partial charge in [0.05, 0.1) is 20.8 Å². The van der Waals surface area contributed by atoms with Gasteiger partial charge in [-0.15, -0.1) is 24.0 Å². The number of nitrogens with one attached hydrogen (secondary N) is 1. The summed E-state index contributed by atoms with van der Waals surface area (Å²) >= 11 is 0. The van der Waals surface area contributed by atoms with Crippen LogP contribution >= 0.6 is 24.0 Å². The minimum Gasteiger partial charge on any atom is -0.493 e. The number of nitrogens with zero attached hydrogens (tertiary/aromatic N) is 3. The van der Waals surface area contributed by atoms with E-state index in [0.29, 0.717) is 26.2 Å². The van der Waals surface area contributed by atoms with Gasteiger partial charge in [-0.3, -0.25) is 4.99 Å². The molecule has 1 amide bonds. The number of benzene rings is 1. The molecule has 1 fully saturated rings. The molecule has 1 aromatic rings. The summed E-state index contributed by atoms with van der Waals surface area (Å²) < 4.78 is 15.9. The largest absolute Gasteiger partial charge is 0.493 e. The van der Waals surface area contributed by atoms with E-state index in [2.05, 4.69) is 35.1 Å². The predicted molar refractivity (Wildman–Crippen MR) is 130 cm³/mol. The molecule has 1 saturated heterocycles. The molecule has 30 heavy (non-hydrogen) atoms. The zero-order valence-corrected chi connectivity index (χ0v) is 21.2. The summed E-state index contributed by atoms with van der Waals surface area (Å²) in [4.78, 5) is 20.2. The lowest BCUT2D eigenvalue weighted by molar-refractivity contribution is 0.0914. The van der Waals surface area contributed by atoms with Gasteiger partial charge in [0.15, 0.2) is 17.5 Å². The summed E-state index contributed by atoms with van der Waals surface area (Å²) in [6.45, 7) is 9.95. The van der Waals surface area contributed by atoms with Crippen LogP contribution in [0.5, 0.6) is 11.5 Å². The number of aliphatic imine (C=N–C) groups is 1. The van der Waals surface area contributed by atoms with Crippen LogP contribution in [0.4, 0.5) is 4.79 Å². The molecule has 1 aliphatic heterocycles. The van der Waals surface area contributed by atoms with Gasteiger partial charge < -0.3 is 29.3 Å². The summed E-state index contributed by atoms with van der Waals surface area (Å²) in [5, 5.41) is 3.48. The van der Waals surface area contributed by atoms with E-state index < -0.39 is 0 Å². The van der Waals surface area contributed by atoms with E-state index in [1.807, 2.05) is 19.1 Å². The Balaban J connectivity index is 0.00000450. The molecule has 8 nitrogen and oxygen atoms in total. The van der Waals surface area contributed by atoms with Crippen LogP contribution in [0.25, 0.3) is 0 Å². The van der Waals surface area contributed by atoms with Crippen molar-refractivity contribution in [3.8, 4) is 11.5 Å². The van der Waals surface area contributed by atoms with Crippen molar-refractivity contribution in [2.45, 2.75) is 26.2 Å². The second-order valence-electron chi connectivity index (χ2n) is 7.53. The van der Waals surface area contributed by atoms with Crippen LogP contribution < -0.4 is 14.8 Å². The first-order valence-corrected chi connectivity index (χ1v) is 9.96. The van der Waals surface area contributed by atoms with Crippen molar-refractivity contribution in [3.63, 3.8) is 0 Å².